The van der Waals surface area contributed by atoms with Crippen LogP contribution in [0.5, 0.6) is 0 Å². The van der Waals surface area contributed by atoms with E-state index in [2.05, 4.69) is 20.8 Å². The Morgan fingerprint density at radius 2 is 0.591 bits per heavy atom. The quantitative estimate of drug-likeness (QED) is 0.219. The first-order valence-electron chi connectivity index (χ1n) is 8.12. The Morgan fingerprint density at radius 1 is 0.455 bits per heavy atom. The van der Waals surface area contributed by atoms with Crippen molar-refractivity contribution in [2.75, 3.05) is 0 Å². The van der Waals surface area contributed by atoms with Crippen molar-refractivity contribution in [2.24, 2.45) is 0 Å². The zero-order valence-electron chi connectivity index (χ0n) is 18.6. The summed E-state index contributed by atoms with van der Waals surface area (Å²) in [6, 6.07) is 0. The summed E-state index contributed by atoms with van der Waals surface area (Å²) in [5.41, 5.74) is 0. The standard InChI is InChI=1S/C7H16.4C2H6.C2H5.CH3.4Y/c1-3-5-7-6-4-2;5*1-2;;;;;/h3-7H2,1-2H3;4*1-2H3;1H2,2H3;1H3;;;;/q;;;;;2*-1;;;;. The zero-order valence-corrected chi connectivity index (χ0v) is 29.9. The molecule has 0 spiro atoms. The molecule has 0 aromatic heterocycles. The minimum atomic E-state index is 0. The van der Waals surface area contributed by atoms with Gasteiger partial charge in [0.2, 0.25) is 0 Å². The summed E-state index contributed by atoms with van der Waals surface area (Å²) in [4.78, 5) is 0. The second-order valence-electron chi connectivity index (χ2n) is 2.06. The molecule has 0 unspecified atom stereocenters. The van der Waals surface area contributed by atoms with Crippen LogP contribution in [-0.2, 0) is 131 Å². The maximum atomic E-state index is 3.25. The van der Waals surface area contributed by atoms with Crippen molar-refractivity contribution in [1.29, 1.82) is 0 Å². The van der Waals surface area contributed by atoms with Crippen molar-refractivity contribution in [3.8, 4) is 0 Å². The van der Waals surface area contributed by atoms with Crippen LogP contribution in [0.4, 0.5) is 0 Å². The van der Waals surface area contributed by atoms with Gasteiger partial charge in [-0.25, -0.2) is 0 Å². The fraction of sp³-hybridized carbons (Fsp3) is 0.889. The fourth-order valence-corrected chi connectivity index (χ4v) is 0.677. The molecule has 0 nitrogen and oxygen atoms in total. The van der Waals surface area contributed by atoms with E-state index in [0.29, 0.717) is 0 Å². The Hall–Kier alpha value is 4.42. The van der Waals surface area contributed by atoms with E-state index in [1.54, 1.807) is 6.92 Å². The minimum Gasteiger partial charge on any atom is -0.358 e. The second kappa shape index (κ2) is 171. The van der Waals surface area contributed by atoms with Crippen LogP contribution in [0.3, 0.4) is 0 Å². The van der Waals surface area contributed by atoms with E-state index < -0.39 is 0 Å². The molecule has 0 fully saturated rings. The van der Waals surface area contributed by atoms with Gasteiger partial charge in [0.1, 0.15) is 0 Å². The van der Waals surface area contributed by atoms with Crippen molar-refractivity contribution in [1.82, 2.24) is 0 Å². The fourth-order valence-electron chi connectivity index (χ4n) is 0.677. The summed E-state index contributed by atoms with van der Waals surface area (Å²) in [5.74, 6) is 0. The summed E-state index contributed by atoms with van der Waals surface area (Å²) in [6.45, 7) is 25.5. The SMILES string of the molecule is CC.CC.CC.CC.CCCCCCC.[CH2-]C.[CH3-].[Y].[Y].[Y].[Y]. The Labute approximate surface area is 249 Å². The topological polar surface area (TPSA) is 0 Å². The smallest absolute Gasteiger partial charge is 0 e. The van der Waals surface area contributed by atoms with Gasteiger partial charge in [0.15, 0.2) is 0 Å². The van der Waals surface area contributed by atoms with E-state index in [-0.39, 0.29) is 138 Å². The molecule has 0 N–H and O–H groups in total. The predicted molar refractivity (Wildman–Crippen MR) is 97.3 cm³/mol. The molecule has 0 amide bonds. The summed E-state index contributed by atoms with van der Waals surface area (Å²) in [5, 5.41) is 0. The normalized spacial score (nSPS) is 4.36. The summed E-state index contributed by atoms with van der Waals surface area (Å²) < 4.78 is 0. The van der Waals surface area contributed by atoms with Gasteiger partial charge in [0, 0.05) is 131 Å². The maximum Gasteiger partial charge on any atom is 0 e. The summed E-state index contributed by atoms with van der Waals surface area (Å²) >= 11 is 0. The molecule has 0 saturated heterocycles. The van der Waals surface area contributed by atoms with Gasteiger partial charge in [-0.1, -0.05) is 101 Å². The molecule has 0 saturated carbocycles. The molecule has 0 atom stereocenters. The van der Waals surface area contributed by atoms with E-state index in [1.807, 2.05) is 55.4 Å². The molecule has 0 bridgehead atoms. The van der Waals surface area contributed by atoms with E-state index in [9.17, 15) is 0 Å². The van der Waals surface area contributed by atoms with Crippen LogP contribution in [0.2, 0.25) is 0 Å². The number of unbranched alkanes of at least 4 members (excludes halogenated alkanes) is 4. The predicted octanol–water partition coefficient (Wildman–Crippen LogP) is 8.36. The number of rotatable bonds is 4. The molecule has 4 radical (unpaired) electrons. The number of hydrogen-bond acceptors (Lipinski definition) is 0. The van der Waals surface area contributed by atoms with Crippen molar-refractivity contribution in [3.05, 3.63) is 14.4 Å². The zero-order chi connectivity index (χ0) is 15.5. The monoisotopic (exact) mass is 620 g/mol. The third-order valence-corrected chi connectivity index (χ3v) is 1.21. The van der Waals surface area contributed by atoms with E-state index in [4.69, 9.17) is 0 Å². The first-order chi connectivity index (χ1) is 8.41. The van der Waals surface area contributed by atoms with Gasteiger partial charge in [-0.2, -0.15) is 6.92 Å². The van der Waals surface area contributed by atoms with Crippen LogP contribution in [0.25, 0.3) is 0 Å². The maximum absolute atomic E-state index is 3.25. The third-order valence-electron chi connectivity index (χ3n) is 1.21. The second-order valence-corrected chi connectivity index (χ2v) is 2.06. The van der Waals surface area contributed by atoms with Crippen molar-refractivity contribution >= 4 is 0 Å². The van der Waals surface area contributed by atoms with Crippen LogP contribution in [-0.4, -0.2) is 0 Å². The first kappa shape index (κ1) is 71.8. The van der Waals surface area contributed by atoms with E-state index >= 15 is 0 Å². The van der Waals surface area contributed by atoms with E-state index in [0.717, 1.165) is 0 Å². The molecular weight excluding hydrogens is 572 g/mol. The van der Waals surface area contributed by atoms with Gasteiger partial charge in [-0.05, 0) is 0 Å². The summed E-state index contributed by atoms with van der Waals surface area (Å²) in [6.07, 6.45) is 7.01. The van der Waals surface area contributed by atoms with Crippen LogP contribution in [0, 0.1) is 14.4 Å². The van der Waals surface area contributed by atoms with Crippen LogP contribution >= 0.6 is 0 Å². The van der Waals surface area contributed by atoms with Gasteiger partial charge >= 0.3 is 0 Å². The first-order valence-corrected chi connectivity index (χ1v) is 8.12. The largest absolute Gasteiger partial charge is 0.358 e. The average molecular weight is 620 g/mol. The molecule has 0 aromatic rings. The molecule has 0 aliphatic rings. The van der Waals surface area contributed by atoms with Crippen LogP contribution in [0.1, 0.15) is 108 Å². The molecule has 0 heterocycles. The Bertz CT molecular complexity index is 34.3. The Balaban J connectivity index is -0.00000000794. The van der Waals surface area contributed by atoms with Gasteiger partial charge in [0.25, 0.3) is 0 Å². The average Bonchev–Trinajstić information content (AvgIpc) is 2.50. The molecular formula is C18H48Y4-2. The molecule has 0 aliphatic carbocycles. The summed E-state index contributed by atoms with van der Waals surface area (Å²) in [7, 11) is 0. The molecule has 0 aromatic carbocycles. The molecule has 4 heteroatoms. The molecule has 0 aliphatic heterocycles. The van der Waals surface area contributed by atoms with Crippen LogP contribution < -0.4 is 0 Å². The van der Waals surface area contributed by atoms with Crippen molar-refractivity contribution in [2.45, 2.75) is 108 Å². The van der Waals surface area contributed by atoms with Gasteiger partial charge in [0.05, 0.1) is 0 Å². The van der Waals surface area contributed by atoms with Gasteiger partial charge < -0.3 is 14.4 Å². The number of hydrogen-bond donors (Lipinski definition) is 0. The van der Waals surface area contributed by atoms with Crippen molar-refractivity contribution < 1.29 is 131 Å². The Morgan fingerprint density at radius 3 is 0.682 bits per heavy atom. The van der Waals surface area contributed by atoms with Gasteiger partial charge in [-0.15, -0.1) is 0 Å². The molecule has 22 heavy (non-hydrogen) atoms. The van der Waals surface area contributed by atoms with Crippen molar-refractivity contribution in [3.63, 3.8) is 0 Å². The molecule has 0 rings (SSSR count). The van der Waals surface area contributed by atoms with Gasteiger partial charge in [-0.3, -0.25) is 0 Å². The minimum absolute atomic E-state index is 0. The molecule has 134 valence electrons. The Kier molecular flexibility index (Phi) is 558. The third kappa shape index (κ3) is 189. The van der Waals surface area contributed by atoms with E-state index in [1.165, 1.54) is 32.1 Å². The van der Waals surface area contributed by atoms with Crippen LogP contribution in [0.15, 0.2) is 0 Å².